The van der Waals surface area contributed by atoms with E-state index in [0.717, 1.165) is 0 Å². The molecule has 0 fully saturated rings. The van der Waals surface area contributed by atoms with Gasteiger partial charge in [-0.25, -0.2) is 0 Å². The topological polar surface area (TPSA) is 55.5 Å². The molecule has 0 rings (SSSR count). The highest BCUT2D eigenvalue weighted by Gasteiger charge is 2.02. The Morgan fingerprint density at radius 1 is 1.89 bits per heavy atom. The largest absolute Gasteiger partial charge is 0.404 e. The molecule has 0 aromatic carbocycles. The molecule has 3 heteroatoms. The van der Waals surface area contributed by atoms with Crippen molar-refractivity contribution in [3.63, 3.8) is 0 Å². The average Bonchev–Trinajstić information content (AvgIpc) is 1.90. The first-order valence-corrected chi connectivity index (χ1v) is 2.51. The van der Waals surface area contributed by atoms with E-state index >= 15 is 0 Å². The van der Waals surface area contributed by atoms with Gasteiger partial charge in [-0.1, -0.05) is 12.7 Å². The van der Waals surface area contributed by atoms with Crippen molar-refractivity contribution in [1.82, 2.24) is 0 Å². The highest BCUT2D eigenvalue weighted by atomic mass is 16.6. The Morgan fingerprint density at radius 3 is 2.56 bits per heavy atom. The molecular formula is C6H11NO2. The SMILES string of the molecule is C=C/C(=C\N)C(O)OC. The van der Waals surface area contributed by atoms with E-state index in [4.69, 9.17) is 10.8 Å². The van der Waals surface area contributed by atoms with Gasteiger partial charge < -0.3 is 15.6 Å². The molecule has 0 amide bonds. The van der Waals surface area contributed by atoms with Gasteiger partial charge in [0.2, 0.25) is 0 Å². The van der Waals surface area contributed by atoms with Gasteiger partial charge in [0.15, 0.2) is 6.29 Å². The van der Waals surface area contributed by atoms with Crippen LogP contribution in [0.25, 0.3) is 0 Å². The van der Waals surface area contributed by atoms with Crippen LogP contribution in [0.5, 0.6) is 0 Å². The van der Waals surface area contributed by atoms with Crippen molar-refractivity contribution < 1.29 is 9.84 Å². The van der Waals surface area contributed by atoms with Gasteiger partial charge in [-0.3, -0.25) is 0 Å². The van der Waals surface area contributed by atoms with Crippen LogP contribution in [0.3, 0.4) is 0 Å². The highest BCUT2D eigenvalue weighted by Crippen LogP contribution is 2.00. The van der Waals surface area contributed by atoms with Gasteiger partial charge in [-0.15, -0.1) is 0 Å². The number of methoxy groups -OCH3 is 1. The minimum atomic E-state index is -0.951. The first-order chi connectivity index (χ1) is 4.26. The maximum Gasteiger partial charge on any atom is 0.182 e. The van der Waals surface area contributed by atoms with E-state index in [-0.39, 0.29) is 0 Å². The molecule has 0 radical (unpaired) electrons. The summed E-state index contributed by atoms with van der Waals surface area (Å²) in [6, 6.07) is 0. The molecule has 0 aromatic heterocycles. The first-order valence-electron chi connectivity index (χ1n) is 2.51. The smallest absolute Gasteiger partial charge is 0.182 e. The van der Waals surface area contributed by atoms with Gasteiger partial charge in [-0.2, -0.15) is 0 Å². The van der Waals surface area contributed by atoms with Gasteiger partial charge in [0.05, 0.1) is 0 Å². The van der Waals surface area contributed by atoms with Crippen molar-refractivity contribution in [2.45, 2.75) is 6.29 Å². The van der Waals surface area contributed by atoms with Gasteiger partial charge in [0, 0.05) is 18.9 Å². The van der Waals surface area contributed by atoms with Crippen LogP contribution in [0.4, 0.5) is 0 Å². The maximum absolute atomic E-state index is 8.88. The molecule has 0 aliphatic rings. The molecule has 9 heavy (non-hydrogen) atoms. The standard InChI is InChI=1S/C6H11NO2/c1-3-5(4-7)6(8)9-2/h3-4,6,8H,1,7H2,2H3/b5-4+. The van der Waals surface area contributed by atoms with Crippen molar-refractivity contribution in [3.8, 4) is 0 Å². The zero-order valence-corrected chi connectivity index (χ0v) is 5.37. The maximum atomic E-state index is 8.88. The third-order valence-electron chi connectivity index (χ3n) is 0.937. The van der Waals surface area contributed by atoms with E-state index in [1.807, 2.05) is 0 Å². The normalized spacial score (nSPS) is 15.1. The molecule has 52 valence electrons. The quantitative estimate of drug-likeness (QED) is 0.416. The summed E-state index contributed by atoms with van der Waals surface area (Å²) in [6.45, 7) is 3.41. The van der Waals surface area contributed by atoms with E-state index in [2.05, 4.69) is 11.3 Å². The number of nitrogens with two attached hydrogens (primary N) is 1. The van der Waals surface area contributed by atoms with Crippen LogP contribution < -0.4 is 5.73 Å². The molecule has 0 heterocycles. The monoisotopic (exact) mass is 129 g/mol. The molecule has 1 unspecified atom stereocenters. The van der Waals surface area contributed by atoms with Gasteiger partial charge >= 0.3 is 0 Å². The summed E-state index contributed by atoms with van der Waals surface area (Å²) < 4.78 is 4.53. The minimum Gasteiger partial charge on any atom is -0.404 e. The summed E-state index contributed by atoms with van der Waals surface area (Å²) in [6.07, 6.45) is 1.74. The van der Waals surface area contributed by atoms with Crippen LogP contribution in [-0.2, 0) is 4.74 Å². The summed E-state index contributed by atoms with van der Waals surface area (Å²) in [5.41, 5.74) is 5.56. The minimum absolute atomic E-state index is 0.470. The molecular weight excluding hydrogens is 118 g/mol. The molecule has 0 spiro atoms. The number of hydrogen-bond donors (Lipinski definition) is 2. The second-order valence-corrected chi connectivity index (χ2v) is 1.46. The Morgan fingerprint density at radius 2 is 2.44 bits per heavy atom. The van der Waals surface area contributed by atoms with Crippen molar-refractivity contribution in [3.05, 3.63) is 24.4 Å². The number of ether oxygens (including phenoxy) is 1. The molecule has 0 saturated carbocycles. The summed E-state index contributed by atoms with van der Waals surface area (Å²) in [5.74, 6) is 0. The fourth-order valence-corrected chi connectivity index (χ4v) is 0.387. The van der Waals surface area contributed by atoms with Gasteiger partial charge in [-0.05, 0) is 0 Å². The lowest BCUT2D eigenvalue weighted by Gasteiger charge is -2.06. The number of hydrogen-bond acceptors (Lipinski definition) is 3. The Hall–Kier alpha value is -0.800. The Kier molecular flexibility index (Phi) is 3.75. The van der Waals surface area contributed by atoms with E-state index in [0.29, 0.717) is 5.57 Å². The molecule has 0 aliphatic carbocycles. The van der Waals surface area contributed by atoms with E-state index < -0.39 is 6.29 Å². The van der Waals surface area contributed by atoms with Crippen LogP contribution in [0.15, 0.2) is 24.4 Å². The van der Waals surface area contributed by atoms with Crippen molar-refractivity contribution in [2.24, 2.45) is 5.73 Å². The fraction of sp³-hybridized carbons (Fsp3) is 0.333. The second kappa shape index (κ2) is 4.12. The molecule has 0 aromatic rings. The third kappa shape index (κ3) is 2.30. The zero-order valence-electron chi connectivity index (χ0n) is 5.37. The lowest BCUT2D eigenvalue weighted by Crippen LogP contribution is -2.11. The van der Waals surface area contributed by atoms with Crippen LogP contribution in [-0.4, -0.2) is 18.5 Å². The molecule has 0 aliphatic heterocycles. The van der Waals surface area contributed by atoms with Crippen molar-refractivity contribution in [2.75, 3.05) is 7.11 Å². The average molecular weight is 129 g/mol. The summed E-state index contributed by atoms with van der Waals surface area (Å²) in [4.78, 5) is 0. The molecule has 0 bridgehead atoms. The lowest BCUT2D eigenvalue weighted by molar-refractivity contribution is -0.0421. The van der Waals surface area contributed by atoms with Crippen LogP contribution in [0.2, 0.25) is 0 Å². The Bertz CT molecular complexity index is 120. The van der Waals surface area contributed by atoms with Gasteiger partial charge in [0.25, 0.3) is 0 Å². The predicted molar refractivity (Wildman–Crippen MR) is 35.5 cm³/mol. The lowest BCUT2D eigenvalue weighted by atomic mass is 10.3. The number of rotatable bonds is 3. The Balaban J connectivity index is 3.95. The van der Waals surface area contributed by atoms with Crippen LogP contribution in [0, 0.1) is 0 Å². The van der Waals surface area contributed by atoms with E-state index in [1.54, 1.807) is 0 Å². The highest BCUT2D eigenvalue weighted by molar-refractivity contribution is 5.16. The molecule has 3 N–H and O–H groups in total. The molecule has 0 saturated heterocycles. The van der Waals surface area contributed by atoms with Crippen LogP contribution >= 0.6 is 0 Å². The summed E-state index contributed by atoms with van der Waals surface area (Å²) in [7, 11) is 1.39. The molecule has 1 atom stereocenters. The van der Waals surface area contributed by atoms with Gasteiger partial charge in [0.1, 0.15) is 0 Å². The van der Waals surface area contributed by atoms with Crippen LogP contribution in [0.1, 0.15) is 0 Å². The first kappa shape index (κ1) is 8.20. The third-order valence-corrected chi connectivity index (χ3v) is 0.937. The summed E-state index contributed by atoms with van der Waals surface area (Å²) >= 11 is 0. The second-order valence-electron chi connectivity index (χ2n) is 1.46. The van der Waals surface area contributed by atoms with Crippen molar-refractivity contribution >= 4 is 0 Å². The molecule has 3 nitrogen and oxygen atoms in total. The number of aliphatic hydroxyl groups is 1. The Labute approximate surface area is 54.4 Å². The fourth-order valence-electron chi connectivity index (χ4n) is 0.387. The van der Waals surface area contributed by atoms with E-state index in [9.17, 15) is 0 Å². The predicted octanol–water partition coefficient (Wildman–Crippen LogP) is -0.0202. The summed E-state index contributed by atoms with van der Waals surface area (Å²) in [5, 5.41) is 8.88. The van der Waals surface area contributed by atoms with E-state index in [1.165, 1.54) is 19.4 Å². The van der Waals surface area contributed by atoms with Crippen molar-refractivity contribution in [1.29, 1.82) is 0 Å². The number of aliphatic hydroxyl groups excluding tert-OH is 1. The zero-order chi connectivity index (χ0) is 7.28.